The van der Waals surface area contributed by atoms with Crippen LogP contribution in [0.5, 0.6) is 0 Å². The third kappa shape index (κ3) is 2.20. The van der Waals surface area contributed by atoms with Crippen molar-refractivity contribution in [2.75, 3.05) is 0 Å². The molecular weight excluding hydrogens is 228 g/mol. The maximum Gasteiger partial charge on any atom is 0.331 e. The van der Waals surface area contributed by atoms with Gasteiger partial charge in [-0.15, -0.1) is 0 Å². The molecule has 4 atom stereocenters. The molecule has 102 valence electrons. The van der Waals surface area contributed by atoms with Crippen molar-refractivity contribution < 1.29 is 15.0 Å². The lowest BCUT2D eigenvalue weighted by Gasteiger charge is -2.54. The summed E-state index contributed by atoms with van der Waals surface area (Å²) in [6.45, 7) is 7.88. The molecule has 2 fully saturated rings. The molecule has 0 unspecified atom stereocenters. The van der Waals surface area contributed by atoms with E-state index >= 15 is 0 Å². The summed E-state index contributed by atoms with van der Waals surface area (Å²) >= 11 is 0. The molecule has 2 saturated carbocycles. The molecule has 0 aromatic rings. The van der Waals surface area contributed by atoms with E-state index in [9.17, 15) is 9.90 Å². The van der Waals surface area contributed by atoms with Gasteiger partial charge < -0.3 is 10.2 Å². The summed E-state index contributed by atoms with van der Waals surface area (Å²) in [5.41, 5.74) is -0.153. The van der Waals surface area contributed by atoms with Gasteiger partial charge in [0.05, 0.1) is 5.60 Å². The fraction of sp³-hybridized carbons (Fsp3) is 0.800. The highest BCUT2D eigenvalue weighted by Gasteiger charge is 2.51. The van der Waals surface area contributed by atoms with E-state index in [1.165, 1.54) is 0 Å². The van der Waals surface area contributed by atoms with Gasteiger partial charge in [0.2, 0.25) is 0 Å². The van der Waals surface area contributed by atoms with Crippen molar-refractivity contribution in [1.29, 1.82) is 0 Å². The molecule has 2 N–H and O–H groups in total. The van der Waals surface area contributed by atoms with Crippen LogP contribution in [0.25, 0.3) is 0 Å². The van der Waals surface area contributed by atoms with Crippen LogP contribution in [0.3, 0.4) is 0 Å². The first-order valence-electron chi connectivity index (χ1n) is 6.91. The Hall–Kier alpha value is -0.830. The molecule has 0 spiro atoms. The Bertz CT molecular complexity index is 372. The summed E-state index contributed by atoms with van der Waals surface area (Å²) in [6, 6.07) is 0. The first kappa shape index (κ1) is 13.6. The van der Waals surface area contributed by atoms with Crippen molar-refractivity contribution in [3.8, 4) is 0 Å². The Morgan fingerprint density at radius 2 is 1.94 bits per heavy atom. The standard InChI is InChI=1S/C15H24O3/c1-10(13(16)17)11-5-8-14(2)6-4-7-15(3,18)12(14)9-11/h11-12,18H,1,4-9H2,2-3H3,(H,16,17)/t11-,12-,14-,15-/m1/s1. The van der Waals surface area contributed by atoms with E-state index in [0.29, 0.717) is 5.57 Å². The van der Waals surface area contributed by atoms with Gasteiger partial charge in [0.25, 0.3) is 0 Å². The second-order valence-electron chi connectivity index (χ2n) is 6.72. The maximum absolute atomic E-state index is 11.0. The zero-order valence-corrected chi connectivity index (χ0v) is 11.4. The van der Waals surface area contributed by atoms with Crippen LogP contribution in [0.1, 0.15) is 52.4 Å². The lowest BCUT2D eigenvalue weighted by Crippen LogP contribution is -2.51. The van der Waals surface area contributed by atoms with E-state index in [2.05, 4.69) is 13.5 Å². The van der Waals surface area contributed by atoms with Crippen molar-refractivity contribution in [3.05, 3.63) is 12.2 Å². The van der Waals surface area contributed by atoms with Gasteiger partial charge in [-0.05, 0) is 56.3 Å². The fourth-order valence-corrected chi connectivity index (χ4v) is 4.18. The Morgan fingerprint density at radius 1 is 1.28 bits per heavy atom. The minimum Gasteiger partial charge on any atom is -0.478 e. The third-order valence-corrected chi connectivity index (χ3v) is 5.37. The molecule has 2 aliphatic rings. The maximum atomic E-state index is 11.0. The lowest BCUT2D eigenvalue weighted by atomic mass is 9.53. The normalized spacial score (nSPS) is 44.2. The molecule has 0 aliphatic heterocycles. The Labute approximate surface area is 109 Å². The predicted molar refractivity (Wildman–Crippen MR) is 70.2 cm³/mol. The molecule has 0 radical (unpaired) electrons. The molecular formula is C15H24O3. The molecule has 3 nitrogen and oxygen atoms in total. The van der Waals surface area contributed by atoms with E-state index in [1.807, 2.05) is 6.92 Å². The van der Waals surface area contributed by atoms with Crippen LogP contribution in [0.4, 0.5) is 0 Å². The molecule has 0 aromatic heterocycles. The van der Waals surface area contributed by atoms with Crippen LogP contribution in [-0.4, -0.2) is 21.8 Å². The smallest absolute Gasteiger partial charge is 0.331 e. The molecule has 0 heterocycles. The topological polar surface area (TPSA) is 57.5 Å². The molecule has 0 saturated heterocycles. The molecule has 0 amide bonds. The Kier molecular flexibility index (Phi) is 3.30. The fourth-order valence-electron chi connectivity index (χ4n) is 4.18. The second kappa shape index (κ2) is 4.37. The van der Waals surface area contributed by atoms with Gasteiger partial charge in [-0.3, -0.25) is 0 Å². The molecule has 0 bridgehead atoms. The number of carbonyl (C=O) groups is 1. The summed E-state index contributed by atoms with van der Waals surface area (Å²) < 4.78 is 0. The van der Waals surface area contributed by atoms with Crippen molar-refractivity contribution in [1.82, 2.24) is 0 Å². The number of carboxylic acid groups (broad SMARTS) is 1. The van der Waals surface area contributed by atoms with Gasteiger partial charge >= 0.3 is 5.97 Å². The number of rotatable bonds is 2. The van der Waals surface area contributed by atoms with Crippen LogP contribution in [-0.2, 0) is 4.79 Å². The highest BCUT2D eigenvalue weighted by Crippen LogP contribution is 2.56. The van der Waals surface area contributed by atoms with Gasteiger partial charge in [-0.25, -0.2) is 4.79 Å². The Balaban J connectivity index is 2.19. The van der Waals surface area contributed by atoms with Gasteiger partial charge in [0.1, 0.15) is 0 Å². The largest absolute Gasteiger partial charge is 0.478 e. The summed E-state index contributed by atoms with van der Waals surface area (Å²) in [5.74, 6) is -0.655. The molecule has 18 heavy (non-hydrogen) atoms. The van der Waals surface area contributed by atoms with E-state index in [-0.39, 0.29) is 17.3 Å². The monoisotopic (exact) mass is 252 g/mol. The molecule has 2 aliphatic carbocycles. The summed E-state index contributed by atoms with van der Waals surface area (Å²) in [5, 5.41) is 19.7. The number of hydrogen-bond donors (Lipinski definition) is 2. The van der Waals surface area contributed by atoms with Crippen LogP contribution >= 0.6 is 0 Å². The number of fused-ring (bicyclic) bond motifs is 1. The average Bonchev–Trinajstić information content (AvgIpc) is 2.27. The number of aliphatic carboxylic acids is 1. The SMILES string of the molecule is C=C(C(=O)O)[C@@H]1CC[C@@]2(C)CCC[C@@](C)(O)[C@@H]2C1. The number of aliphatic hydroxyl groups is 1. The van der Waals surface area contributed by atoms with Crippen molar-refractivity contribution in [2.45, 2.75) is 58.0 Å². The number of hydrogen-bond acceptors (Lipinski definition) is 2. The highest BCUT2D eigenvalue weighted by molar-refractivity contribution is 5.86. The van der Waals surface area contributed by atoms with E-state index in [4.69, 9.17) is 5.11 Å². The first-order chi connectivity index (χ1) is 8.26. The summed E-state index contributed by atoms with van der Waals surface area (Å²) in [6.07, 6.45) is 5.73. The van der Waals surface area contributed by atoms with Crippen LogP contribution in [0.2, 0.25) is 0 Å². The quantitative estimate of drug-likeness (QED) is 0.743. The van der Waals surface area contributed by atoms with E-state index in [0.717, 1.165) is 38.5 Å². The van der Waals surface area contributed by atoms with Gasteiger partial charge in [-0.1, -0.05) is 19.9 Å². The zero-order valence-electron chi connectivity index (χ0n) is 11.4. The van der Waals surface area contributed by atoms with Crippen LogP contribution < -0.4 is 0 Å². The van der Waals surface area contributed by atoms with Crippen molar-refractivity contribution in [3.63, 3.8) is 0 Å². The minimum atomic E-state index is -0.890. The van der Waals surface area contributed by atoms with Gasteiger partial charge in [-0.2, -0.15) is 0 Å². The van der Waals surface area contributed by atoms with E-state index < -0.39 is 11.6 Å². The van der Waals surface area contributed by atoms with Crippen molar-refractivity contribution in [2.24, 2.45) is 17.3 Å². The second-order valence-corrected chi connectivity index (χ2v) is 6.72. The summed E-state index contributed by atoms with van der Waals surface area (Å²) in [7, 11) is 0. The zero-order chi connectivity index (χ0) is 13.6. The molecule has 3 heteroatoms. The van der Waals surface area contributed by atoms with Gasteiger partial charge in [0.15, 0.2) is 0 Å². The van der Waals surface area contributed by atoms with Crippen LogP contribution in [0, 0.1) is 17.3 Å². The molecule has 0 aromatic carbocycles. The van der Waals surface area contributed by atoms with Crippen LogP contribution in [0.15, 0.2) is 12.2 Å². The lowest BCUT2D eigenvalue weighted by molar-refractivity contribution is -0.137. The molecule has 2 rings (SSSR count). The first-order valence-corrected chi connectivity index (χ1v) is 6.91. The highest BCUT2D eigenvalue weighted by atomic mass is 16.4. The average molecular weight is 252 g/mol. The summed E-state index contributed by atoms with van der Waals surface area (Å²) in [4.78, 5) is 11.0. The third-order valence-electron chi connectivity index (χ3n) is 5.37. The Morgan fingerprint density at radius 3 is 2.56 bits per heavy atom. The number of carboxylic acids is 1. The van der Waals surface area contributed by atoms with Crippen molar-refractivity contribution >= 4 is 5.97 Å². The van der Waals surface area contributed by atoms with E-state index in [1.54, 1.807) is 0 Å². The van der Waals surface area contributed by atoms with Gasteiger partial charge in [0, 0.05) is 5.57 Å². The predicted octanol–water partition coefficient (Wildman–Crippen LogP) is 2.98. The minimum absolute atomic E-state index is 0.0325.